The predicted octanol–water partition coefficient (Wildman–Crippen LogP) is 3.61. The number of hydrogen-bond donors (Lipinski definition) is 4. The van der Waals surface area contributed by atoms with E-state index in [0.717, 1.165) is 37.1 Å². The summed E-state index contributed by atoms with van der Waals surface area (Å²) in [4.78, 5) is 16.7. The molecule has 0 aliphatic rings. The zero-order valence-corrected chi connectivity index (χ0v) is 17.7. The Hall–Kier alpha value is -2.62. The number of benzene rings is 2. The lowest BCUT2D eigenvalue weighted by Gasteiger charge is -2.21. The van der Waals surface area contributed by atoms with Gasteiger partial charge in [0.15, 0.2) is 5.96 Å². The maximum Gasteiger partial charge on any atom is 0.258 e. The zero-order valence-electron chi connectivity index (χ0n) is 17.0. The van der Waals surface area contributed by atoms with Crippen LogP contribution in [0, 0.1) is 17.5 Å². The molecule has 0 spiro atoms. The first-order chi connectivity index (χ1) is 14.7. The maximum absolute atomic E-state index is 13.7. The Morgan fingerprint density at radius 1 is 1.13 bits per heavy atom. The van der Waals surface area contributed by atoms with Gasteiger partial charge in [0.25, 0.3) is 5.91 Å². The summed E-state index contributed by atoms with van der Waals surface area (Å²) in [6, 6.07) is 5.92. The van der Waals surface area contributed by atoms with Crippen LogP contribution in [-0.4, -0.2) is 24.6 Å². The fourth-order valence-corrected chi connectivity index (χ4v) is 2.84. The van der Waals surface area contributed by atoms with Crippen molar-refractivity contribution >= 4 is 23.5 Å². The van der Waals surface area contributed by atoms with Gasteiger partial charge in [-0.25, -0.2) is 13.2 Å². The smallest absolute Gasteiger partial charge is 0.258 e. The molecule has 0 aromatic heterocycles. The number of carbonyl (C=O) groups excluding carboxylic acids is 1. The molecule has 0 bridgehead atoms. The molecule has 6 nitrogen and oxygen atoms in total. The Labute approximate surface area is 183 Å². The number of unbranched alkanes of at least 4 members (excludes halogenated alkanes) is 1. The van der Waals surface area contributed by atoms with Gasteiger partial charge in [-0.2, -0.15) is 0 Å². The highest BCUT2D eigenvalue weighted by Gasteiger charge is 2.17. The van der Waals surface area contributed by atoms with Crippen LogP contribution in [0.5, 0.6) is 0 Å². The number of nitrogens with zero attached hydrogens (tertiary/aromatic N) is 1. The molecule has 0 heterocycles. The molecule has 2 aromatic rings. The van der Waals surface area contributed by atoms with Gasteiger partial charge in [0.05, 0.1) is 11.2 Å². The lowest BCUT2D eigenvalue weighted by molar-refractivity contribution is 0.0975. The number of carbonyl (C=O) groups is 1. The molecule has 10 heteroatoms. The fourth-order valence-electron chi connectivity index (χ4n) is 2.72. The van der Waals surface area contributed by atoms with E-state index in [4.69, 9.17) is 23.1 Å². The van der Waals surface area contributed by atoms with Crippen molar-refractivity contribution in [3.05, 3.63) is 70.0 Å². The molecule has 2 rings (SSSR count). The van der Waals surface area contributed by atoms with Crippen molar-refractivity contribution in [1.29, 1.82) is 0 Å². The number of guanidine groups is 1. The summed E-state index contributed by atoms with van der Waals surface area (Å²) in [5, 5.41) is 5.29. The van der Waals surface area contributed by atoms with Crippen LogP contribution < -0.4 is 22.1 Å². The average molecular weight is 456 g/mol. The van der Waals surface area contributed by atoms with Gasteiger partial charge in [-0.15, -0.1) is 0 Å². The van der Waals surface area contributed by atoms with Crippen molar-refractivity contribution in [2.75, 3.05) is 6.54 Å². The summed E-state index contributed by atoms with van der Waals surface area (Å²) in [6.45, 7) is 2.41. The molecular formula is C21H25ClF3N5O. The number of aliphatic imine (C=N–C) groups is 1. The van der Waals surface area contributed by atoms with Gasteiger partial charge >= 0.3 is 0 Å². The van der Waals surface area contributed by atoms with Crippen LogP contribution >= 0.6 is 11.6 Å². The first kappa shape index (κ1) is 24.6. The van der Waals surface area contributed by atoms with Crippen molar-refractivity contribution in [2.45, 2.75) is 38.4 Å². The van der Waals surface area contributed by atoms with E-state index in [-0.39, 0.29) is 28.5 Å². The summed E-state index contributed by atoms with van der Waals surface area (Å²) in [5.41, 5.74) is 12.4. The molecule has 2 aromatic carbocycles. The van der Waals surface area contributed by atoms with E-state index in [0.29, 0.717) is 6.54 Å². The minimum Gasteiger partial charge on any atom is -0.341 e. The summed E-state index contributed by atoms with van der Waals surface area (Å²) in [5.74, 6) is -2.73. The summed E-state index contributed by atoms with van der Waals surface area (Å²) in [7, 11) is 0. The maximum atomic E-state index is 13.7. The van der Waals surface area contributed by atoms with E-state index in [1.165, 1.54) is 12.1 Å². The van der Waals surface area contributed by atoms with Gasteiger partial charge in [0.1, 0.15) is 17.5 Å². The first-order valence-corrected chi connectivity index (χ1v) is 10.1. The highest BCUT2D eigenvalue weighted by atomic mass is 35.5. The Morgan fingerprint density at radius 3 is 2.42 bits per heavy atom. The first-order valence-electron chi connectivity index (χ1n) is 9.74. The lowest BCUT2D eigenvalue weighted by atomic mass is 10.0. The van der Waals surface area contributed by atoms with Crippen molar-refractivity contribution < 1.29 is 18.0 Å². The number of rotatable bonds is 8. The number of halogens is 4. The molecule has 0 aliphatic carbocycles. The van der Waals surface area contributed by atoms with Crippen molar-refractivity contribution in [2.24, 2.45) is 16.5 Å². The molecule has 0 fully saturated rings. The highest BCUT2D eigenvalue weighted by Crippen LogP contribution is 2.18. The molecule has 0 saturated heterocycles. The molecule has 0 radical (unpaired) electrons. The predicted molar refractivity (Wildman–Crippen MR) is 115 cm³/mol. The van der Waals surface area contributed by atoms with Gasteiger partial charge in [0.2, 0.25) is 0 Å². The van der Waals surface area contributed by atoms with E-state index in [9.17, 15) is 18.0 Å². The van der Waals surface area contributed by atoms with Gasteiger partial charge in [-0.05, 0) is 48.7 Å². The number of amides is 1. The van der Waals surface area contributed by atoms with Crippen LogP contribution in [0.25, 0.3) is 0 Å². The standard InChI is InChI=1S/C21H25ClF3N5O/c1-2-3-6-28-21(30-20(31)12-4-5-16(22)17(25)9-12)29-19(27)11-18(26)13-7-14(23)10-15(24)8-13/h4-5,7-10,18-19H,2-3,6,11,26-27H2,1H3,(H2,28,29,30,31). The highest BCUT2D eigenvalue weighted by molar-refractivity contribution is 6.30. The summed E-state index contributed by atoms with van der Waals surface area (Å²) >= 11 is 5.64. The second-order valence-corrected chi connectivity index (χ2v) is 7.37. The molecule has 31 heavy (non-hydrogen) atoms. The third-order valence-corrected chi connectivity index (χ3v) is 4.64. The van der Waals surface area contributed by atoms with Crippen LogP contribution in [-0.2, 0) is 0 Å². The van der Waals surface area contributed by atoms with E-state index in [1.807, 2.05) is 6.92 Å². The van der Waals surface area contributed by atoms with Crippen molar-refractivity contribution in [3.63, 3.8) is 0 Å². The quantitative estimate of drug-likeness (QED) is 0.211. The third-order valence-electron chi connectivity index (χ3n) is 4.34. The SMILES string of the molecule is CCCCN=C(NC(=O)c1ccc(Cl)c(F)c1)NC(N)CC(N)c1cc(F)cc(F)c1. The molecule has 2 atom stereocenters. The molecule has 168 valence electrons. The van der Waals surface area contributed by atoms with Crippen LogP contribution in [0.1, 0.15) is 48.1 Å². The Bertz CT molecular complexity index is 921. The van der Waals surface area contributed by atoms with Crippen LogP contribution in [0.15, 0.2) is 41.4 Å². The third kappa shape index (κ3) is 7.86. The van der Waals surface area contributed by atoms with E-state index in [1.54, 1.807) is 0 Å². The molecule has 0 saturated carbocycles. The topological polar surface area (TPSA) is 106 Å². The summed E-state index contributed by atoms with van der Waals surface area (Å²) < 4.78 is 40.5. The minimum absolute atomic E-state index is 0.0485. The summed E-state index contributed by atoms with van der Waals surface area (Å²) in [6.07, 6.45) is 0.966. The molecule has 6 N–H and O–H groups in total. The average Bonchev–Trinajstić information content (AvgIpc) is 2.69. The second kappa shape index (κ2) is 11.7. The Kier molecular flexibility index (Phi) is 9.29. The van der Waals surface area contributed by atoms with Crippen LogP contribution in [0.3, 0.4) is 0 Å². The van der Waals surface area contributed by atoms with Gasteiger partial charge < -0.3 is 16.8 Å². The number of nitrogens with two attached hydrogens (primary N) is 2. The van der Waals surface area contributed by atoms with E-state index >= 15 is 0 Å². The number of nitrogens with one attached hydrogen (secondary N) is 2. The Morgan fingerprint density at radius 2 is 1.81 bits per heavy atom. The second-order valence-electron chi connectivity index (χ2n) is 6.96. The van der Waals surface area contributed by atoms with Gasteiger partial charge in [-0.3, -0.25) is 15.1 Å². The van der Waals surface area contributed by atoms with Crippen LogP contribution in [0.2, 0.25) is 5.02 Å². The molecule has 2 unspecified atom stereocenters. The van der Waals surface area contributed by atoms with Crippen molar-refractivity contribution in [3.8, 4) is 0 Å². The fraction of sp³-hybridized carbons (Fsp3) is 0.333. The van der Waals surface area contributed by atoms with Gasteiger partial charge in [0, 0.05) is 24.2 Å². The van der Waals surface area contributed by atoms with Crippen molar-refractivity contribution in [1.82, 2.24) is 10.6 Å². The lowest BCUT2D eigenvalue weighted by Crippen LogP contribution is -2.50. The Balaban J connectivity index is 2.07. The van der Waals surface area contributed by atoms with E-state index < -0.39 is 35.6 Å². The largest absolute Gasteiger partial charge is 0.341 e. The zero-order chi connectivity index (χ0) is 23.0. The van der Waals surface area contributed by atoms with Gasteiger partial charge in [-0.1, -0.05) is 24.9 Å². The number of hydrogen-bond acceptors (Lipinski definition) is 4. The monoisotopic (exact) mass is 455 g/mol. The molecule has 1 amide bonds. The normalized spacial score (nSPS) is 13.6. The minimum atomic E-state index is -0.788. The molecule has 0 aliphatic heterocycles. The van der Waals surface area contributed by atoms with Crippen LogP contribution in [0.4, 0.5) is 13.2 Å². The van der Waals surface area contributed by atoms with E-state index in [2.05, 4.69) is 15.6 Å². The molecular weight excluding hydrogens is 431 g/mol.